The summed E-state index contributed by atoms with van der Waals surface area (Å²) in [6.45, 7) is 0. The van der Waals surface area contributed by atoms with Gasteiger partial charge in [-0.25, -0.2) is 4.98 Å². The van der Waals surface area contributed by atoms with E-state index in [1.54, 1.807) is 30.2 Å². The van der Waals surface area contributed by atoms with E-state index in [2.05, 4.69) is 15.1 Å². The highest BCUT2D eigenvalue weighted by Crippen LogP contribution is 2.29. The van der Waals surface area contributed by atoms with Crippen molar-refractivity contribution in [1.82, 2.24) is 19.6 Å². The van der Waals surface area contributed by atoms with Gasteiger partial charge in [-0.1, -0.05) is 12.1 Å². The summed E-state index contributed by atoms with van der Waals surface area (Å²) < 4.78 is 12.5. The molecule has 0 aliphatic rings. The molecule has 0 saturated carbocycles. The summed E-state index contributed by atoms with van der Waals surface area (Å²) in [5, 5.41) is 4.50. The summed E-state index contributed by atoms with van der Waals surface area (Å²) in [7, 11) is 1.65. The maximum Gasteiger partial charge on any atom is 0.253 e. The lowest BCUT2D eigenvalue weighted by molar-refractivity contribution is 0.416. The Bertz CT molecular complexity index is 928. The van der Waals surface area contributed by atoms with Gasteiger partial charge in [0.2, 0.25) is 5.82 Å². The summed E-state index contributed by atoms with van der Waals surface area (Å²) in [5.74, 6) is 2.39. The fourth-order valence-electron chi connectivity index (χ4n) is 2.36. The molecule has 0 spiro atoms. The highest BCUT2D eigenvalue weighted by atomic mass is 16.5. The van der Waals surface area contributed by atoms with E-state index in [1.807, 2.05) is 36.4 Å². The van der Waals surface area contributed by atoms with Crippen LogP contribution in [0.3, 0.4) is 0 Å². The van der Waals surface area contributed by atoms with Crippen molar-refractivity contribution in [3.63, 3.8) is 0 Å². The normalized spacial score (nSPS) is 11.0. The molecule has 4 rings (SSSR count). The molecule has 0 saturated heterocycles. The molecule has 0 unspecified atom stereocenters. The number of hydrogen-bond donors (Lipinski definition) is 0. The Labute approximate surface area is 126 Å². The van der Waals surface area contributed by atoms with Gasteiger partial charge in [-0.15, -0.1) is 5.10 Å². The van der Waals surface area contributed by atoms with Crippen molar-refractivity contribution < 1.29 is 9.15 Å². The third kappa shape index (κ3) is 1.93. The first-order chi connectivity index (χ1) is 10.9. The zero-order chi connectivity index (χ0) is 14.9. The summed E-state index contributed by atoms with van der Waals surface area (Å²) in [5.41, 5.74) is 1.78. The van der Waals surface area contributed by atoms with Crippen molar-refractivity contribution in [2.75, 3.05) is 7.11 Å². The smallest absolute Gasteiger partial charge is 0.253 e. The van der Waals surface area contributed by atoms with Gasteiger partial charge in [-0.2, -0.15) is 9.50 Å². The third-order valence-electron chi connectivity index (χ3n) is 3.37. The Balaban J connectivity index is 1.95. The quantitative estimate of drug-likeness (QED) is 0.580. The number of benzene rings is 1. The molecule has 0 bridgehead atoms. The van der Waals surface area contributed by atoms with Crippen LogP contribution in [0.4, 0.5) is 0 Å². The molecule has 3 aromatic heterocycles. The molecule has 108 valence electrons. The molecule has 0 aliphatic heterocycles. The van der Waals surface area contributed by atoms with Crippen LogP contribution >= 0.6 is 0 Å². The highest BCUT2D eigenvalue weighted by molar-refractivity contribution is 5.69. The fraction of sp³-hybridized carbons (Fsp3) is 0.0625. The first-order valence-electron chi connectivity index (χ1n) is 6.76. The van der Waals surface area contributed by atoms with Gasteiger partial charge < -0.3 is 9.15 Å². The minimum Gasteiger partial charge on any atom is -0.496 e. The van der Waals surface area contributed by atoms with Crippen LogP contribution in [0, 0.1) is 0 Å². The second-order valence-corrected chi connectivity index (χ2v) is 4.65. The molecular weight excluding hydrogens is 280 g/mol. The Morgan fingerprint density at radius 3 is 2.82 bits per heavy atom. The van der Waals surface area contributed by atoms with E-state index in [9.17, 15) is 0 Å². The molecule has 1 aromatic carbocycles. The standard InChI is InChI=1S/C16H12N4O2/c1-21-13-6-3-2-5-11(13)12-8-9-17-16-18-15(19-20(12)16)14-7-4-10-22-14/h2-10H,1H3. The van der Waals surface area contributed by atoms with E-state index in [4.69, 9.17) is 9.15 Å². The van der Waals surface area contributed by atoms with E-state index < -0.39 is 0 Å². The maximum atomic E-state index is 5.43. The van der Waals surface area contributed by atoms with E-state index >= 15 is 0 Å². The molecule has 22 heavy (non-hydrogen) atoms. The van der Waals surface area contributed by atoms with E-state index in [-0.39, 0.29) is 0 Å². The minimum atomic E-state index is 0.500. The molecular formula is C16H12N4O2. The number of hydrogen-bond acceptors (Lipinski definition) is 5. The minimum absolute atomic E-state index is 0.500. The van der Waals surface area contributed by atoms with Crippen molar-refractivity contribution >= 4 is 5.78 Å². The number of ether oxygens (including phenoxy) is 1. The van der Waals surface area contributed by atoms with Crippen molar-refractivity contribution in [1.29, 1.82) is 0 Å². The lowest BCUT2D eigenvalue weighted by atomic mass is 10.1. The largest absolute Gasteiger partial charge is 0.496 e. The van der Waals surface area contributed by atoms with Crippen molar-refractivity contribution in [2.24, 2.45) is 0 Å². The van der Waals surface area contributed by atoms with Gasteiger partial charge in [0, 0.05) is 11.8 Å². The zero-order valence-electron chi connectivity index (χ0n) is 11.8. The highest BCUT2D eigenvalue weighted by Gasteiger charge is 2.14. The first-order valence-corrected chi connectivity index (χ1v) is 6.76. The average Bonchev–Trinajstić information content (AvgIpc) is 3.23. The van der Waals surface area contributed by atoms with Crippen LogP contribution < -0.4 is 4.74 Å². The van der Waals surface area contributed by atoms with Gasteiger partial charge in [0.1, 0.15) is 5.75 Å². The number of furan rings is 1. The molecule has 3 heterocycles. The Morgan fingerprint density at radius 2 is 2.00 bits per heavy atom. The van der Waals surface area contributed by atoms with Gasteiger partial charge in [0.05, 0.1) is 19.1 Å². The van der Waals surface area contributed by atoms with Crippen LogP contribution in [0.1, 0.15) is 0 Å². The number of fused-ring (bicyclic) bond motifs is 1. The predicted molar refractivity (Wildman–Crippen MR) is 80.5 cm³/mol. The zero-order valence-corrected chi connectivity index (χ0v) is 11.8. The monoisotopic (exact) mass is 292 g/mol. The topological polar surface area (TPSA) is 65.5 Å². The summed E-state index contributed by atoms with van der Waals surface area (Å²) in [6.07, 6.45) is 3.30. The molecule has 4 aromatic rings. The molecule has 0 fully saturated rings. The molecule has 0 N–H and O–H groups in total. The predicted octanol–water partition coefficient (Wildman–Crippen LogP) is 3.06. The summed E-state index contributed by atoms with van der Waals surface area (Å²) in [4.78, 5) is 8.66. The van der Waals surface area contributed by atoms with Crippen LogP contribution in [0.5, 0.6) is 5.75 Å². The molecule has 0 aliphatic carbocycles. The lowest BCUT2D eigenvalue weighted by Crippen LogP contribution is -1.97. The van der Waals surface area contributed by atoms with Crippen LogP contribution in [0.15, 0.2) is 59.3 Å². The number of para-hydroxylation sites is 1. The summed E-state index contributed by atoms with van der Waals surface area (Å²) >= 11 is 0. The van der Waals surface area contributed by atoms with Gasteiger partial charge in [-0.3, -0.25) is 0 Å². The van der Waals surface area contributed by atoms with Crippen molar-refractivity contribution in [3.8, 4) is 28.6 Å². The number of rotatable bonds is 3. The van der Waals surface area contributed by atoms with Crippen LogP contribution in [-0.2, 0) is 0 Å². The van der Waals surface area contributed by atoms with E-state index in [1.165, 1.54) is 0 Å². The number of nitrogens with zero attached hydrogens (tertiary/aromatic N) is 4. The van der Waals surface area contributed by atoms with Gasteiger partial charge in [0.15, 0.2) is 5.76 Å². The molecule has 0 amide bonds. The number of aromatic nitrogens is 4. The fourth-order valence-corrected chi connectivity index (χ4v) is 2.36. The average molecular weight is 292 g/mol. The van der Waals surface area contributed by atoms with Gasteiger partial charge in [-0.05, 0) is 30.3 Å². The molecule has 6 nitrogen and oxygen atoms in total. The van der Waals surface area contributed by atoms with Gasteiger partial charge >= 0.3 is 0 Å². The maximum absolute atomic E-state index is 5.43. The van der Waals surface area contributed by atoms with Crippen molar-refractivity contribution in [2.45, 2.75) is 0 Å². The second kappa shape index (κ2) is 5.00. The Morgan fingerprint density at radius 1 is 1.09 bits per heavy atom. The number of methoxy groups -OCH3 is 1. The lowest BCUT2D eigenvalue weighted by Gasteiger charge is -2.08. The summed E-state index contributed by atoms with van der Waals surface area (Å²) in [6, 6.07) is 13.3. The molecule has 0 radical (unpaired) electrons. The van der Waals surface area contributed by atoms with Crippen LogP contribution in [-0.4, -0.2) is 26.7 Å². The second-order valence-electron chi connectivity index (χ2n) is 4.65. The molecule has 0 atom stereocenters. The van der Waals surface area contributed by atoms with E-state index in [0.717, 1.165) is 17.0 Å². The third-order valence-corrected chi connectivity index (χ3v) is 3.37. The molecule has 6 heteroatoms. The Kier molecular flexibility index (Phi) is 2.86. The van der Waals surface area contributed by atoms with E-state index in [0.29, 0.717) is 17.4 Å². The van der Waals surface area contributed by atoms with Gasteiger partial charge in [0.25, 0.3) is 5.78 Å². The SMILES string of the molecule is COc1ccccc1-c1ccnc2nc(-c3ccco3)nn12. The van der Waals surface area contributed by atoms with Crippen LogP contribution in [0.25, 0.3) is 28.6 Å². The Hall–Kier alpha value is -3.15. The van der Waals surface area contributed by atoms with Crippen molar-refractivity contribution in [3.05, 3.63) is 54.9 Å². The van der Waals surface area contributed by atoms with Crippen LogP contribution in [0.2, 0.25) is 0 Å². The first kappa shape index (κ1) is 12.6.